The Hall–Kier alpha value is -2.08. The van der Waals surface area contributed by atoms with Gasteiger partial charge in [0.2, 0.25) is 15.9 Å². The number of nitrogens with zero attached hydrogens (tertiary/aromatic N) is 4. The van der Waals surface area contributed by atoms with E-state index in [1.807, 2.05) is 6.92 Å². The Balaban J connectivity index is 1.34. The molecule has 2 fully saturated rings. The van der Waals surface area contributed by atoms with E-state index in [9.17, 15) is 17.6 Å². The Bertz CT molecular complexity index is 1140. The fourth-order valence-corrected chi connectivity index (χ4v) is 6.69. The molecule has 0 unspecified atom stereocenters. The first kappa shape index (κ1) is 26.0. The van der Waals surface area contributed by atoms with E-state index in [-0.39, 0.29) is 36.0 Å². The average Bonchev–Trinajstić information content (AvgIpc) is 3.24. The van der Waals surface area contributed by atoms with Crippen molar-refractivity contribution in [2.45, 2.75) is 44.6 Å². The zero-order chi connectivity index (χ0) is 25.2. The maximum atomic E-state index is 13.2. The molecule has 0 radical (unpaired) electrons. The Kier molecular flexibility index (Phi) is 8.09. The van der Waals surface area contributed by atoms with Crippen molar-refractivity contribution in [3.05, 3.63) is 35.0 Å². The molecule has 2 aliphatic rings. The van der Waals surface area contributed by atoms with Crippen LogP contribution in [0.25, 0.3) is 11.5 Å². The highest BCUT2D eigenvalue weighted by molar-refractivity contribution is 7.89. The van der Waals surface area contributed by atoms with Gasteiger partial charge in [0, 0.05) is 45.6 Å². The summed E-state index contributed by atoms with van der Waals surface area (Å²) in [7, 11) is -1.90. The van der Waals surface area contributed by atoms with Crippen LogP contribution >= 0.6 is 11.6 Å². The second-order valence-electron chi connectivity index (χ2n) is 9.26. The SMILES string of the molecule is COC1CCN(C(=O)CCS(=O)(=O)N2CC[C@@H](c3[nH]c(-c4ccc(F)cn4)nc3Cl)[C@@H](C)C2)CC1. The number of carbonyl (C=O) groups is 1. The third-order valence-electron chi connectivity index (χ3n) is 6.99. The molecule has 4 rings (SSSR count). The molecule has 2 saturated heterocycles. The van der Waals surface area contributed by atoms with Gasteiger partial charge in [-0.05, 0) is 37.3 Å². The van der Waals surface area contributed by atoms with Gasteiger partial charge >= 0.3 is 0 Å². The number of hydrogen-bond donors (Lipinski definition) is 1. The summed E-state index contributed by atoms with van der Waals surface area (Å²) >= 11 is 6.40. The summed E-state index contributed by atoms with van der Waals surface area (Å²) in [5.74, 6) is -0.351. The van der Waals surface area contributed by atoms with Gasteiger partial charge in [-0.1, -0.05) is 18.5 Å². The molecule has 1 amide bonds. The predicted octanol–water partition coefficient (Wildman–Crippen LogP) is 3.05. The van der Waals surface area contributed by atoms with Gasteiger partial charge in [-0.3, -0.25) is 4.79 Å². The summed E-state index contributed by atoms with van der Waals surface area (Å²) in [5.41, 5.74) is 1.20. The maximum Gasteiger partial charge on any atom is 0.223 e. The average molecular weight is 528 g/mol. The van der Waals surface area contributed by atoms with E-state index < -0.39 is 15.8 Å². The molecule has 192 valence electrons. The molecule has 0 aromatic carbocycles. The first-order valence-electron chi connectivity index (χ1n) is 11.8. The lowest BCUT2D eigenvalue weighted by Gasteiger charge is -2.36. The summed E-state index contributed by atoms with van der Waals surface area (Å²) in [6.45, 7) is 3.84. The van der Waals surface area contributed by atoms with E-state index in [0.717, 1.165) is 24.7 Å². The number of sulfonamides is 1. The smallest absolute Gasteiger partial charge is 0.223 e. The molecule has 2 aromatic heterocycles. The Morgan fingerprint density at radius 2 is 2.00 bits per heavy atom. The van der Waals surface area contributed by atoms with Crippen LogP contribution in [0.4, 0.5) is 4.39 Å². The molecule has 9 nitrogen and oxygen atoms in total. The van der Waals surface area contributed by atoms with Crippen molar-refractivity contribution in [1.82, 2.24) is 24.2 Å². The van der Waals surface area contributed by atoms with Gasteiger partial charge in [-0.15, -0.1) is 0 Å². The van der Waals surface area contributed by atoms with Gasteiger partial charge < -0.3 is 14.6 Å². The van der Waals surface area contributed by atoms with Crippen molar-refractivity contribution in [2.75, 3.05) is 39.0 Å². The number of carbonyl (C=O) groups excluding carboxylic acids is 1. The van der Waals surface area contributed by atoms with Crippen molar-refractivity contribution in [1.29, 1.82) is 0 Å². The number of aromatic nitrogens is 3. The van der Waals surface area contributed by atoms with Crippen LogP contribution in [0.3, 0.4) is 0 Å². The topological polar surface area (TPSA) is 108 Å². The van der Waals surface area contributed by atoms with Crippen molar-refractivity contribution in [3.8, 4) is 11.5 Å². The molecule has 4 heterocycles. The van der Waals surface area contributed by atoms with Crippen LogP contribution in [0.5, 0.6) is 0 Å². The van der Waals surface area contributed by atoms with Crippen molar-refractivity contribution >= 4 is 27.5 Å². The standard InChI is InChI=1S/C23H31ClFN5O4S/c1-15-14-30(35(32,33)12-8-20(31)29-9-5-17(34-2)6-10-29)11-7-18(15)21-22(24)28-23(27-21)19-4-3-16(25)13-26-19/h3-4,13,15,17-18H,5-12,14H2,1-2H3,(H,27,28)/t15-,18+/m0/s1. The minimum atomic E-state index is -3.57. The zero-order valence-corrected chi connectivity index (χ0v) is 21.5. The summed E-state index contributed by atoms with van der Waals surface area (Å²) in [6, 6.07) is 2.82. The van der Waals surface area contributed by atoms with Crippen LogP contribution in [0.15, 0.2) is 18.3 Å². The lowest BCUT2D eigenvalue weighted by Crippen LogP contribution is -2.45. The number of hydrogen-bond acceptors (Lipinski definition) is 6. The first-order valence-corrected chi connectivity index (χ1v) is 13.8. The third-order valence-corrected chi connectivity index (χ3v) is 9.12. The van der Waals surface area contributed by atoms with Crippen molar-refractivity contribution in [3.63, 3.8) is 0 Å². The number of ether oxygens (including phenoxy) is 1. The molecule has 0 aliphatic carbocycles. The zero-order valence-electron chi connectivity index (χ0n) is 19.9. The number of piperidine rings is 2. The highest BCUT2D eigenvalue weighted by Crippen LogP contribution is 2.37. The molecule has 2 atom stereocenters. The summed E-state index contributed by atoms with van der Waals surface area (Å²) < 4.78 is 46.0. The van der Waals surface area contributed by atoms with Gasteiger partial charge in [0.1, 0.15) is 11.5 Å². The Labute approximate surface area is 210 Å². The van der Waals surface area contributed by atoms with Gasteiger partial charge in [0.05, 0.1) is 23.7 Å². The fraction of sp³-hybridized carbons (Fsp3) is 0.609. The number of nitrogens with one attached hydrogen (secondary N) is 1. The van der Waals surface area contributed by atoms with E-state index in [0.29, 0.717) is 49.3 Å². The highest BCUT2D eigenvalue weighted by atomic mass is 35.5. The first-order chi connectivity index (χ1) is 16.7. The fourth-order valence-electron chi connectivity index (χ4n) is 4.88. The quantitative estimate of drug-likeness (QED) is 0.593. The lowest BCUT2D eigenvalue weighted by atomic mass is 9.86. The number of amides is 1. The molecule has 0 bridgehead atoms. The number of aromatic amines is 1. The van der Waals surface area contributed by atoms with Gasteiger partial charge in [0.25, 0.3) is 0 Å². The summed E-state index contributed by atoms with van der Waals surface area (Å²) in [4.78, 5) is 25.8. The number of rotatable bonds is 7. The van der Waals surface area contributed by atoms with Gasteiger partial charge in [0.15, 0.2) is 11.0 Å². The summed E-state index contributed by atoms with van der Waals surface area (Å²) in [5, 5.41) is 0.308. The Morgan fingerprint density at radius 3 is 2.63 bits per heavy atom. The molecule has 0 saturated carbocycles. The van der Waals surface area contributed by atoms with Crippen LogP contribution in [0, 0.1) is 11.7 Å². The Morgan fingerprint density at radius 1 is 1.26 bits per heavy atom. The van der Waals surface area contributed by atoms with Crippen LogP contribution in [0.1, 0.15) is 44.2 Å². The second-order valence-corrected chi connectivity index (χ2v) is 11.7. The number of H-pyrrole nitrogens is 1. The largest absolute Gasteiger partial charge is 0.381 e. The van der Waals surface area contributed by atoms with Crippen molar-refractivity contribution < 1.29 is 22.3 Å². The maximum absolute atomic E-state index is 13.2. The molecule has 2 aromatic rings. The minimum absolute atomic E-state index is 0.0145. The van der Waals surface area contributed by atoms with E-state index in [1.54, 1.807) is 12.0 Å². The molecular weight excluding hydrogens is 497 g/mol. The number of halogens is 2. The van der Waals surface area contributed by atoms with Gasteiger partial charge in [-0.25, -0.2) is 27.1 Å². The van der Waals surface area contributed by atoms with E-state index in [1.165, 1.54) is 16.4 Å². The molecule has 1 N–H and O–H groups in total. The van der Waals surface area contributed by atoms with Crippen LogP contribution in [0.2, 0.25) is 5.15 Å². The molecule has 2 aliphatic heterocycles. The normalized spacial score (nSPS) is 22.5. The van der Waals surface area contributed by atoms with E-state index in [4.69, 9.17) is 16.3 Å². The molecular formula is C23H31ClFN5O4S. The number of imidazole rings is 1. The van der Waals surface area contributed by atoms with Crippen LogP contribution < -0.4 is 0 Å². The third kappa shape index (κ3) is 6.02. The van der Waals surface area contributed by atoms with Crippen LogP contribution in [-0.2, 0) is 19.6 Å². The highest BCUT2D eigenvalue weighted by Gasteiger charge is 2.36. The molecule has 12 heteroatoms. The van der Waals surface area contributed by atoms with E-state index >= 15 is 0 Å². The summed E-state index contributed by atoms with van der Waals surface area (Å²) in [6.07, 6.45) is 3.37. The number of methoxy groups -OCH3 is 1. The number of pyridine rings is 1. The molecule has 35 heavy (non-hydrogen) atoms. The number of likely N-dealkylation sites (tertiary alicyclic amines) is 1. The second kappa shape index (κ2) is 10.9. The minimum Gasteiger partial charge on any atom is -0.381 e. The van der Waals surface area contributed by atoms with Crippen LogP contribution in [-0.4, -0.2) is 83.6 Å². The van der Waals surface area contributed by atoms with Gasteiger partial charge in [-0.2, -0.15) is 0 Å². The van der Waals surface area contributed by atoms with Crippen molar-refractivity contribution in [2.24, 2.45) is 5.92 Å². The monoisotopic (exact) mass is 527 g/mol. The lowest BCUT2D eigenvalue weighted by molar-refractivity contribution is -0.133. The van der Waals surface area contributed by atoms with E-state index in [2.05, 4.69) is 15.0 Å². The predicted molar refractivity (Wildman–Crippen MR) is 130 cm³/mol. The molecule has 0 spiro atoms.